The molecule has 1 fully saturated rings. The molecule has 0 unspecified atom stereocenters. The van der Waals surface area contributed by atoms with Crippen LogP contribution in [0.15, 0.2) is 77.0 Å². The van der Waals surface area contributed by atoms with Crippen LogP contribution in [-0.2, 0) is 4.79 Å². The molecule has 3 aromatic rings. The van der Waals surface area contributed by atoms with Gasteiger partial charge in [0.2, 0.25) is 0 Å². The zero-order valence-corrected chi connectivity index (χ0v) is 19.2. The molecule has 0 bridgehead atoms. The highest BCUT2D eigenvalue weighted by Crippen LogP contribution is 2.31. The lowest BCUT2D eigenvalue weighted by atomic mass is 10.2. The molecule has 0 spiro atoms. The smallest absolute Gasteiger partial charge is 0.285 e. The van der Waals surface area contributed by atoms with Gasteiger partial charge in [-0.05, 0) is 59.6 Å². The summed E-state index contributed by atoms with van der Waals surface area (Å²) in [6, 6.07) is 20.4. The summed E-state index contributed by atoms with van der Waals surface area (Å²) in [5.74, 6) is 0.781. The minimum Gasteiger partial charge on any atom is -0.490 e. The van der Waals surface area contributed by atoms with Crippen LogP contribution in [0.1, 0.15) is 15.2 Å². The van der Waals surface area contributed by atoms with E-state index in [-0.39, 0.29) is 16.1 Å². The van der Waals surface area contributed by atoms with Crippen molar-refractivity contribution in [3.05, 3.63) is 87.5 Å². The fourth-order valence-electron chi connectivity index (χ4n) is 2.78. The van der Waals surface area contributed by atoms with E-state index in [9.17, 15) is 9.59 Å². The molecular weight excluding hydrogens is 464 g/mol. The number of thioether (sulfide) groups is 1. The first-order valence-electron chi connectivity index (χ1n) is 9.63. The molecule has 2 aromatic carbocycles. The van der Waals surface area contributed by atoms with Crippen LogP contribution in [0.25, 0.3) is 6.08 Å². The van der Waals surface area contributed by atoms with Crippen LogP contribution >= 0.6 is 35.3 Å². The third-order valence-electron chi connectivity index (χ3n) is 4.29. The monoisotopic (exact) mass is 482 g/mol. The third-order valence-corrected chi connectivity index (χ3v) is 6.46. The predicted molar refractivity (Wildman–Crippen MR) is 131 cm³/mol. The van der Waals surface area contributed by atoms with Crippen LogP contribution in [0.2, 0.25) is 0 Å². The number of amides is 2. The maximum absolute atomic E-state index is 12.7. The van der Waals surface area contributed by atoms with Gasteiger partial charge in [0.1, 0.15) is 24.7 Å². The van der Waals surface area contributed by atoms with Gasteiger partial charge >= 0.3 is 0 Å². The molecule has 0 aliphatic carbocycles. The molecule has 1 aromatic heterocycles. The minimum absolute atomic E-state index is 0.282. The molecule has 32 heavy (non-hydrogen) atoms. The van der Waals surface area contributed by atoms with E-state index in [4.69, 9.17) is 21.7 Å². The van der Waals surface area contributed by atoms with Gasteiger partial charge in [-0.2, -0.15) is 5.01 Å². The summed E-state index contributed by atoms with van der Waals surface area (Å²) in [6.45, 7) is 0.849. The van der Waals surface area contributed by atoms with E-state index < -0.39 is 0 Å². The second kappa shape index (κ2) is 10.4. The normalized spacial score (nSPS) is 14.6. The summed E-state index contributed by atoms with van der Waals surface area (Å²) in [5.41, 5.74) is 3.39. The number of para-hydroxylation sites is 1. The summed E-state index contributed by atoms with van der Waals surface area (Å²) in [7, 11) is 0. The molecule has 0 radical (unpaired) electrons. The Balaban J connectivity index is 1.31. The van der Waals surface area contributed by atoms with E-state index in [1.54, 1.807) is 23.6 Å². The van der Waals surface area contributed by atoms with E-state index in [0.29, 0.717) is 28.7 Å². The first kappa shape index (κ1) is 22.1. The van der Waals surface area contributed by atoms with Gasteiger partial charge in [0.05, 0.1) is 9.78 Å². The second-order valence-electron chi connectivity index (χ2n) is 6.51. The molecule has 162 valence electrons. The molecule has 1 N–H and O–H groups in total. The highest BCUT2D eigenvalue weighted by atomic mass is 32.2. The molecule has 0 atom stereocenters. The highest BCUT2D eigenvalue weighted by molar-refractivity contribution is 8.26. The summed E-state index contributed by atoms with van der Waals surface area (Å²) >= 11 is 7.70. The average molecular weight is 483 g/mol. The first-order valence-corrected chi connectivity index (χ1v) is 11.7. The molecule has 9 heteroatoms. The van der Waals surface area contributed by atoms with Crippen molar-refractivity contribution in [2.24, 2.45) is 0 Å². The van der Waals surface area contributed by atoms with Gasteiger partial charge < -0.3 is 9.47 Å². The van der Waals surface area contributed by atoms with Gasteiger partial charge in [0.25, 0.3) is 11.8 Å². The minimum atomic E-state index is -0.365. The Morgan fingerprint density at radius 3 is 2.31 bits per heavy atom. The van der Waals surface area contributed by atoms with Crippen molar-refractivity contribution in [2.75, 3.05) is 13.2 Å². The number of nitrogens with zero attached hydrogens (tertiary/aromatic N) is 1. The molecule has 6 nitrogen and oxygen atoms in total. The van der Waals surface area contributed by atoms with Gasteiger partial charge in [-0.25, -0.2) is 0 Å². The number of nitrogens with one attached hydrogen (secondary N) is 1. The Morgan fingerprint density at radius 1 is 0.969 bits per heavy atom. The number of ether oxygens (including phenoxy) is 2. The van der Waals surface area contributed by atoms with Crippen molar-refractivity contribution in [2.45, 2.75) is 0 Å². The van der Waals surface area contributed by atoms with Gasteiger partial charge in [-0.1, -0.05) is 48.2 Å². The Labute approximate surface area is 198 Å². The quantitative estimate of drug-likeness (QED) is 0.284. The van der Waals surface area contributed by atoms with E-state index in [1.165, 1.54) is 11.3 Å². The lowest BCUT2D eigenvalue weighted by Gasteiger charge is -2.14. The molecule has 0 saturated carbocycles. The Kier molecular flexibility index (Phi) is 7.21. The Morgan fingerprint density at radius 2 is 1.66 bits per heavy atom. The fraction of sp³-hybridized carbons (Fsp3) is 0.0870. The molecule has 1 saturated heterocycles. The van der Waals surface area contributed by atoms with Gasteiger partial charge in [-0.15, -0.1) is 11.3 Å². The largest absolute Gasteiger partial charge is 0.490 e. The zero-order chi connectivity index (χ0) is 22.3. The Bertz CT molecular complexity index is 1130. The Hall–Kier alpha value is -3.14. The predicted octanol–water partition coefficient (Wildman–Crippen LogP) is 4.75. The fourth-order valence-corrected chi connectivity index (χ4v) is 4.57. The number of hydrogen-bond donors (Lipinski definition) is 1. The topological polar surface area (TPSA) is 67.9 Å². The number of rotatable bonds is 8. The lowest BCUT2D eigenvalue weighted by Crippen LogP contribution is -2.44. The van der Waals surface area contributed by atoms with Crippen molar-refractivity contribution in [3.63, 3.8) is 0 Å². The summed E-state index contributed by atoms with van der Waals surface area (Å²) < 4.78 is 11.6. The van der Waals surface area contributed by atoms with Crippen molar-refractivity contribution < 1.29 is 19.1 Å². The SMILES string of the molecule is O=C(NN1C(=O)/C(=C\c2ccc(OCCOc3ccccc3)cc2)SC1=S)c1cccs1. The van der Waals surface area contributed by atoms with Gasteiger partial charge in [-0.3, -0.25) is 15.0 Å². The van der Waals surface area contributed by atoms with Gasteiger partial charge in [0.15, 0.2) is 4.32 Å². The van der Waals surface area contributed by atoms with Crippen LogP contribution in [0.5, 0.6) is 11.5 Å². The molecule has 2 heterocycles. The van der Waals surface area contributed by atoms with Crippen molar-refractivity contribution in [1.82, 2.24) is 10.4 Å². The lowest BCUT2D eigenvalue weighted by molar-refractivity contribution is -0.123. The molecule has 2 amide bonds. The molecular formula is C23H18N2O4S3. The van der Waals surface area contributed by atoms with E-state index >= 15 is 0 Å². The van der Waals surface area contributed by atoms with Crippen molar-refractivity contribution >= 4 is 57.5 Å². The van der Waals surface area contributed by atoms with Crippen molar-refractivity contribution in [3.8, 4) is 11.5 Å². The van der Waals surface area contributed by atoms with Crippen molar-refractivity contribution in [1.29, 1.82) is 0 Å². The summed E-state index contributed by atoms with van der Waals surface area (Å²) in [4.78, 5) is 25.9. The maximum atomic E-state index is 12.7. The second-order valence-corrected chi connectivity index (χ2v) is 9.14. The van der Waals surface area contributed by atoms with Crippen LogP contribution in [0.4, 0.5) is 0 Å². The van der Waals surface area contributed by atoms with Crippen LogP contribution in [-0.4, -0.2) is 34.4 Å². The number of benzene rings is 2. The first-order chi connectivity index (χ1) is 15.6. The number of thiocarbonyl (C=S) groups is 1. The number of thiophene rings is 1. The van der Waals surface area contributed by atoms with E-state index in [1.807, 2.05) is 54.6 Å². The molecule has 1 aliphatic heterocycles. The number of carbonyl (C=O) groups excluding carboxylic acids is 2. The summed E-state index contributed by atoms with van der Waals surface area (Å²) in [6.07, 6.45) is 1.74. The number of hydrazine groups is 1. The third kappa shape index (κ3) is 5.56. The molecule has 4 rings (SSSR count). The van der Waals surface area contributed by atoms with E-state index in [2.05, 4.69) is 5.43 Å². The van der Waals surface area contributed by atoms with E-state index in [0.717, 1.165) is 28.1 Å². The molecule has 1 aliphatic rings. The van der Waals surface area contributed by atoms with Crippen LogP contribution in [0.3, 0.4) is 0 Å². The number of hydrogen-bond acceptors (Lipinski definition) is 7. The zero-order valence-electron chi connectivity index (χ0n) is 16.7. The van der Waals surface area contributed by atoms with Gasteiger partial charge in [0, 0.05) is 0 Å². The highest BCUT2D eigenvalue weighted by Gasteiger charge is 2.33. The average Bonchev–Trinajstić information content (AvgIpc) is 3.44. The van der Waals surface area contributed by atoms with Crippen LogP contribution < -0.4 is 14.9 Å². The number of carbonyl (C=O) groups is 2. The maximum Gasteiger partial charge on any atom is 0.285 e. The summed E-state index contributed by atoms with van der Waals surface area (Å²) in [5, 5.41) is 2.90. The standard InChI is InChI=1S/C23H18N2O4S3/c26-21(19-7-4-14-31-19)24-25-22(27)20(32-23(25)30)15-16-8-10-18(11-9-16)29-13-12-28-17-5-2-1-3-6-17/h1-11,14-15H,12-13H2,(H,24,26)/b20-15+. The van der Waals surface area contributed by atoms with Crippen LogP contribution in [0, 0.1) is 0 Å².